The Morgan fingerprint density at radius 1 is 1.60 bits per heavy atom. The van der Waals surface area contributed by atoms with Gasteiger partial charge in [-0.2, -0.15) is 0 Å². The van der Waals surface area contributed by atoms with E-state index in [0.717, 1.165) is 0 Å². The smallest absolute Gasteiger partial charge is 0.174 e. The van der Waals surface area contributed by atoms with E-state index in [1.807, 2.05) is 0 Å². The topological polar surface area (TPSA) is 56.5 Å². The van der Waals surface area contributed by atoms with Crippen LogP contribution in [0.2, 0.25) is 0 Å². The first-order valence-corrected chi connectivity index (χ1v) is 3.20. The fraction of sp³-hybridized carbons (Fsp3) is 0.800. The molecule has 0 atom stereocenters. The lowest BCUT2D eigenvalue weighted by atomic mass is 10.6. The number of nitrogens with one attached hydrogen (secondary N) is 1. The van der Waals surface area contributed by atoms with Gasteiger partial charge < -0.3 is 20.5 Å². The molecule has 4 nitrogen and oxygen atoms in total. The summed E-state index contributed by atoms with van der Waals surface area (Å²) in [5, 5.41) is 2.96. The zero-order valence-corrected chi connectivity index (χ0v) is 6.90. The Kier molecular flexibility index (Phi) is 5.19. The lowest BCUT2D eigenvalue weighted by Gasteiger charge is -2.13. The highest BCUT2D eigenvalue weighted by atomic mass is 32.1. The first kappa shape index (κ1) is 9.61. The number of nitrogens with two attached hydrogens (primary N) is 1. The number of rotatable bonds is 4. The Labute approximate surface area is 65.7 Å². The molecule has 0 aliphatic carbocycles. The second-order valence-electron chi connectivity index (χ2n) is 1.65. The van der Waals surface area contributed by atoms with Crippen LogP contribution in [-0.4, -0.2) is 32.2 Å². The molecule has 0 bridgehead atoms. The number of hydrogen-bond donors (Lipinski definition) is 2. The maximum Gasteiger partial charge on any atom is 0.174 e. The molecule has 0 radical (unpaired) electrons. The van der Waals surface area contributed by atoms with Crippen LogP contribution in [-0.2, 0) is 9.47 Å². The van der Waals surface area contributed by atoms with E-state index in [9.17, 15) is 0 Å². The lowest BCUT2D eigenvalue weighted by molar-refractivity contribution is -0.0964. The van der Waals surface area contributed by atoms with Crippen LogP contribution in [0.3, 0.4) is 0 Å². The van der Waals surface area contributed by atoms with Gasteiger partial charge in [-0.15, -0.1) is 0 Å². The summed E-state index contributed by atoms with van der Waals surface area (Å²) >= 11 is 4.57. The lowest BCUT2D eigenvalue weighted by Crippen LogP contribution is -2.37. The van der Waals surface area contributed by atoms with Gasteiger partial charge in [0, 0.05) is 14.2 Å². The number of thiocarbonyl (C=S) groups is 1. The fourth-order valence-corrected chi connectivity index (χ4v) is 0.530. The summed E-state index contributed by atoms with van der Waals surface area (Å²) in [6.45, 7) is 0.475. The first-order chi connectivity index (χ1) is 4.70. The van der Waals surface area contributed by atoms with Crippen molar-refractivity contribution in [2.24, 2.45) is 5.73 Å². The Bertz CT molecular complexity index is 106. The van der Waals surface area contributed by atoms with Crippen molar-refractivity contribution in [3.05, 3.63) is 0 Å². The molecule has 0 saturated heterocycles. The third-order valence-corrected chi connectivity index (χ3v) is 1.11. The van der Waals surface area contributed by atoms with Gasteiger partial charge in [-0.1, -0.05) is 0 Å². The van der Waals surface area contributed by atoms with Gasteiger partial charge in [0.1, 0.15) is 0 Å². The summed E-state index contributed by atoms with van der Waals surface area (Å²) < 4.78 is 9.70. The van der Waals surface area contributed by atoms with E-state index in [1.165, 1.54) is 0 Å². The average molecular weight is 164 g/mol. The van der Waals surface area contributed by atoms with Crippen molar-refractivity contribution in [1.82, 2.24) is 5.32 Å². The van der Waals surface area contributed by atoms with Gasteiger partial charge >= 0.3 is 0 Å². The molecule has 0 amide bonds. The van der Waals surface area contributed by atoms with E-state index in [4.69, 9.17) is 15.2 Å². The van der Waals surface area contributed by atoms with Crippen LogP contribution < -0.4 is 11.1 Å². The van der Waals surface area contributed by atoms with Crippen LogP contribution in [0.25, 0.3) is 0 Å². The molecule has 0 aromatic heterocycles. The Balaban J connectivity index is 3.34. The van der Waals surface area contributed by atoms with E-state index in [2.05, 4.69) is 17.5 Å². The number of ether oxygens (including phenoxy) is 2. The molecular weight excluding hydrogens is 152 g/mol. The Hall–Kier alpha value is -0.390. The molecule has 10 heavy (non-hydrogen) atoms. The summed E-state index contributed by atoms with van der Waals surface area (Å²) in [7, 11) is 3.10. The van der Waals surface area contributed by atoms with Gasteiger partial charge in [0.15, 0.2) is 11.4 Å². The van der Waals surface area contributed by atoms with E-state index in [0.29, 0.717) is 6.54 Å². The predicted octanol–water partition coefficient (Wildman–Crippen LogP) is -0.561. The minimum absolute atomic E-state index is 0.249. The Morgan fingerprint density at radius 3 is 2.40 bits per heavy atom. The van der Waals surface area contributed by atoms with Gasteiger partial charge in [0.25, 0.3) is 0 Å². The molecule has 0 aromatic carbocycles. The molecule has 0 saturated carbocycles. The van der Waals surface area contributed by atoms with Crippen molar-refractivity contribution in [3.63, 3.8) is 0 Å². The molecule has 0 rings (SSSR count). The van der Waals surface area contributed by atoms with Crippen molar-refractivity contribution in [2.45, 2.75) is 6.29 Å². The minimum atomic E-state index is -0.290. The normalized spacial score (nSPS) is 9.90. The summed E-state index contributed by atoms with van der Waals surface area (Å²) in [4.78, 5) is 0. The third-order valence-electron chi connectivity index (χ3n) is 0.969. The second-order valence-corrected chi connectivity index (χ2v) is 2.09. The van der Waals surface area contributed by atoms with Crippen LogP contribution in [0.5, 0.6) is 0 Å². The van der Waals surface area contributed by atoms with E-state index >= 15 is 0 Å². The van der Waals surface area contributed by atoms with Crippen LogP contribution in [0.4, 0.5) is 0 Å². The van der Waals surface area contributed by atoms with Crippen LogP contribution in [0, 0.1) is 0 Å². The molecule has 5 heteroatoms. The summed E-state index contributed by atoms with van der Waals surface area (Å²) in [5.41, 5.74) is 5.16. The van der Waals surface area contributed by atoms with Gasteiger partial charge in [0.05, 0.1) is 6.54 Å². The largest absolute Gasteiger partial charge is 0.376 e. The third kappa shape index (κ3) is 4.49. The zero-order valence-electron chi connectivity index (χ0n) is 6.09. The van der Waals surface area contributed by atoms with Crippen molar-refractivity contribution in [3.8, 4) is 0 Å². The van der Waals surface area contributed by atoms with Crippen molar-refractivity contribution >= 4 is 17.3 Å². The van der Waals surface area contributed by atoms with Gasteiger partial charge in [-0.05, 0) is 12.2 Å². The SMILES string of the molecule is COC(CNC(N)=S)OC. The highest BCUT2D eigenvalue weighted by Crippen LogP contribution is 1.86. The number of hydrogen-bond acceptors (Lipinski definition) is 3. The molecule has 0 fully saturated rings. The minimum Gasteiger partial charge on any atom is -0.376 e. The van der Waals surface area contributed by atoms with Gasteiger partial charge in [0.2, 0.25) is 0 Å². The number of methoxy groups -OCH3 is 2. The van der Waals surface area contributed by atoms with E-state index < -0.39 is 0 Å². The van der Waals surface area contributed by atoms with Crippen LogP contribution in [0.15, 0.2) is 0 Å². The molecule has 0 aromatic rings. The summed E-state index contributed by atoms with van der Waals surface area (Å²) in [6.07, 6.45) is -0.290. The predicted molar refractivity (Wildman–Crippen MR) is 42.6 cm³/mol. The van der Waals surface area contributed by atoms with E-state index in [-0.39, 0.29) is 11.4 Å². The van der Waals surface area contributed by atoms with Crippen LogP contribution in [0.1, 0.15) is 0 Å². The molecule has 0 unspecified atom stereocenters. The monoisotopic (exact) mass is 164 g/mol. The van der Waals surface area contributed by atoms with Crippen molar-refractivity contribution < 1.29 is 9.47 Å². The highest BCUT2D eigenvalue weighted by molar-refractivity contribution is 7.80. The maximum atomic E-state index is 5.16. The van der Waals surface area contributed by atoms with Gasteiger partial charge in [-0.25, -0.2) is 0 Å². The molecule has 0 spiro atoms. The molecule has 0 aliphatic heterocycles. The molecular formula is C5H12N2O2S. The zero-order chi connectivity index (χ0) is 7.98. The first-order valence-electron chi connectivity index (χ1n) is 2.79. The molecule has 60 valence electrons. The maximum absolute atomic E-state index is 5.16. The van der Waals surface area contributed by atoms with Crippen molar-refractivity contribution in [2.75, 3.05) is 20.8 Å². The highest BCUT2D eigenvalue weighted by Gasteiger charge is 2.02. The summed E-state index contributed by atoms with van der Waals surface area (Å²) in [6, 6.07) is 0. The summed E-state index contributed by atoms with van der Waals surface area (Å²) in [5.74, 6) is 0. The Morgan fingerprint density at radius 2 is 2.10 bits per heavy atom. The fourth-order valence-electron chi connectivity index (χ4n) is 0.447. The quantitative estimate of drug-likeness (QED) is 0.431. The molecule has 0 heterocycles. The van der Waals surface area contributed by atoms with Crippen molar-refractivity contribution in [1.29, 1.82) is 0 Å². The van der Waals surface area contributed by atoms with Gasteiger partial charge in [-0.3, -0.25) is 0 Å². The van der Waals surface area contributed by atoms with E-state index in [1.54, 1.807) is 14.2 Å². The molecule has 0 aliphatic rings. The molecule has 3 N–H and O–H groups in total. The standard InChI is InChI=1S/C5H12N2O2S/c1-8-4(9-2)3-7-5(6)10/h4H,3H2,1-2H3,(H3,6,7,10). The average Bonchev–Trinajstić information content (AvgIpc) is 1.90. The second kappa shape index (κ2) is 5.40. The van der Waals surface area contributed by atoms with Crippen LogP contribution >= 0.6 is 12.2 Å².